The molecule has 226 valence electrons. The first-order valence-electron chi connectivity index (χ1n) is 13.7. The first kappa shape index (κ1) is 32.0. The molecular weight excluding hydrogens is 540 g/mol. The maximum absolute atomic E-state index is 13.3. The van der Waals surface area contributed by atoms with Gasteiger partial charge in [-0.3, -0.25) is 14.4 Å². The number of carbonyl (C=O) groups is 3. The van der Waals surface area contributed by atoms with E-state index in [0.717, 1.165) is 18.5 Å². The maximum Gasteiger partial charge on any atom is 0.410 e. The highest BCUT2D eigenvalue weighted by Gasteiger charge is 2.24. The third-order valence-corrected chi connectivity index (χ3v) is 6.31. The molecule has 0 saturated carbocycles. The number of carbonyl (C=O) groups excluding carboxylic acids is 3. The molecule has 13 heteroatoms. The van der Waals surface area contributed by atoms with Gasteiger partial charge in [-0.2, -0.15) is 0 Å². The summed E-state index contributed by atoms with van der Waals surface area (Å²) in [6, 6.07) is 3.11. The van der Waals surface area contributed by atoms with Gasteiger partial charge in [-0.15, -0.1) is 0 Å². The molecular formula is C29H40N8O5. The van der Waals surface area contributed by atoms with Crippen molar-refractivity contribution in [1.29, 1.82) is 0 Å². The van der Waals surface area contributed by atoms with Gasteiger partial charge in [-0.25, -0.2) is 19.7 Å². The van der Waals surface area contributed by atoms with Crippen LogP contribution in [0.25, 0.3) is 11.2 Å². The molecule has 2 N–H and O–H groups in total. The van der Waals surface area contributed by atoms with Crippen LogP contribution in [0.1, 0.15) is 51.6 Å². The van der Waals surface area contributed by atoms with Crippen LogP contribution in [0.5, 0.6) is 0 Å². The zero-order chi connectivity index (χ0) is 31.0. The predicted molar refractivity (Wildman–Crippen MR) is 159 cm³/mol. The van der Waals surface area contributed by atoms with Crippen LogP contribution in [-0.4, -0.2) is 86.5 Å². The number of hydrogen-bond donors (Lipinski definition) is 2. The van der Waals surface area contributed by atoms with Crippen LogP contribution in [0, 0.1) is 5.41 Å². The highest BCUT2D eigenvalue weighted by molar-refractivity contribution is 5.95. The lowest BCUT2D eigenvalue weighted by molar-refractivity contribution is -0.125. The summed E-state index contributed by atoms with van der Waals surface area (Å²) in [7, 11) is 6.25. The smallest absolute Gasteiger partial charge is 0.410 e. The number of fused-ring (bicyclic) bond motifs is 1. The molecule has 3 heterocycles. The zero-order valence-electron chi connectivity index (χ0n) is 25.3. The van der Waals surface area contributed by atoms with Crippen LogP contribution in [0.4, 0.5) is 10.5 Å². The number of rotatable bonds is 11. The normalized spacial score (nSPS) is 12.4. The van der Waals surface area contributed by atoms with Gasteiger partial charge in [-0.05, 0) is 49.3 Å². The minimum absolute atomic E-state index is 0.0218. The summed E-state index contributed by atoms with van der Waals surface area (Å²) >= 11 is 0. The second-order valence-electron chi connectivity index (χ2n) is 11.6. The highest BCUT2D eigenvalue weighted by Crippen LogP contribution is 2.23. The summed E-state index contributed by atoms with van der Waals surface area (Å²) in [6.45, 7) is 6.61. The van der Waals surface area contributed by atoms with Crippen LogP contribution in [0.2, 0.25) is 0 Å². The van der Waals surface area contributed by atoms with Gasteiger partial charge in [-0.1, -0.05) is 26.8 Å². The third kappa shape index (κ3) is 8.98. The molecule has 0 aliphatic carbocycles. The van der Waals surface area contributed by atoms with E-state index >= 15 is 0 Å². The molecule has 3 rings (SSSR count). The van der Waals surface area contributed by atoms with Crippen LogP contribution >= 0.6 is 0 Å². The molecule has 0 aliphatic rings. The molecule has 3 aromatic rings. The predicted octanol–water partition coefficient (Wildman–Crippen LogP) is 2.97. The number of H-pyrrole nitrogens is 1. The first-order valence-corrected chi connectivity index (χ1v) is 13.7. The lowest BCUT2D eigenvalue weighted by Crippen LogP contribution is -2.37. The second-order valence-corrected chi connectivity index (χ2v) is 11.6. The molecule has 0 spiro atoms. The number of amides is 3. The van der Waals surface area contributed by atoms with E-state index in [1.54, 1.807) is 32.4 Å². The Morgan fingerprint density at radius 1 is 1.14 bits per heavy atom. The summed E-state index contributed by atoms with van der Waals surface area (Å²) in [6.07, 6.45) is 6.27. The van der Waals surface area contributed by atoms with Crippen molar-refractivity contribution >= 4 is 34.8 Å². The highest BCUT2D eigenvalue weighted by atomic mass is 16.6. The van der Waals surface area contributed by atoms with Crippen molar-refractivity contribution in [2.45, 2.75) is 59.1 Å². The van der Waals surface area contributed by atoms with Gasteiger partial charge < -0.3 is 29.4 Å². The van der Waals surface area contributed by atoms with E-state index in [1.165, 1.54) is 46.9 Å². The SMILES string of the molecule is CN(C)C(=O)/C=C/CC[C@H](OC(=O)N(C)C)C(=O)Nc1cccn(Cc2nc3c(CCC(C)(C)C)ncnc3[nH]2)c1=O. The van der Waals surface area contributed by atoms with E-state index in [-0.39, 0.29) is 30.0 Å². The van der Waals surface area contributed by atoms with Gasteiger partial charge >= 0.3 is 6.09 Å². The average Bonchev–Trinajstić information content (AvgIpc) is 3.33. The van der Waals surface area contributed by atoms with Gasteiger partial charge in [0.2, 0.25) is 5.91 Å². The van der Waals surface area contributed by atoms with Crippen LogP contribution in [0.15, 0.2) is 41.6 Å². The van der Waals surface area contributed by atoms with Gasteiger partial charge in [0, 0.05) is 34.4 Å². The fraction of sp³-hybridized carbons (Fsp3) is 0.483. The van der Waals surface area contributed by atoms with Crippen molar-refractivity contribution in [3.63, 3.8) is 0 Å². The van der Waals surface area contributed by atoms with E-state index < -0.39 is 23.7 Å². The molecule has 0 unspecified atom stereocenters. The van der Waals surface area contributed by atoms with Gasteiger partial charge in [0.1, 0.15) is 23.4 Å². The first-order chi connectivity index (χ1) is 19.7. The van der Waals surface area contributed by atoms with E-state index in [0.29, 0.717) is 23.4 Å². The molecule has 0 fully saturated rings. The van der Waals surface area contributed by atoms with Crippen molar-refractivity contribution in [3.8, 4) is 0 Å². The second kappa shape index (κ2) is 13.9. The van der Waals surface area contributed by atoms with E-state index in [4.69, 9.17) is 4.74 Å². The fourth-order valence-corrected chi connectivity index (χ4v) is 3.86. The molecule has 0 aliphatic heterocycles. The van der Waals surface area contributed by atoms with Crippen LogP contribution < -0.4 is 10.9 Å². The molecule has 0 bridgehead atoms. The molecule has 1 atom stereocenters. The number of hydrogen-bond acceptors (Lipinski definition) is 8. The number of pyridine rings is 1. The number of nitrogens with one attached hydrogen (secondary N) is 2. The lowest BCUT2D eigenvalue weighted by Gasteiger charge is -2.19. The maximum atomic E-state index is 13.3. The number of likely N-dealkylation sites (N-methyl/N-ethyl adjacent to an activating group) is 1. The Morgan fingerprint density at radius 2 is 1.88 bits per heavy atom. The summed E-state index contributed by atoms with van der Waals surface area (Å²) in [5, 5.41) is 2.59. The Bertz CT molecular complexity index is 1500. The monoisotopic (exact) mass is 580 g/mol. The standard InChI is InChI=1S/C29H40N8O5/c1-29(2,3)15-14-19-24-25(31-18-30-19)34-22(33-24)17-37-16-10-11-20(27(37)40)32-26(39)21(42-28(41)36(6)7)12-8-9-13-23(38)35(4)5/h9-11,13,16,18,21H,8,12,14-15,17H2,1-7H3,(H,32,39)(H,30,31,33,34)/b13-9+/t21-/m0/s1. The van der Waals surface area contributed by atoms with Gasteiger partial charge in [0.15, 0.2) is 11.8 Å². The molecule has 0 aromatic carbocycles. The molecule has 13 nitrogen and oxygen atoms in total. The summed E-state index contributed by atoms with van der Waals surface area (Å²) in [4.78, 5) is 69.5. The van der Waals surface area contributed by atoms with Crippen LogP contribution in [0.3, 0.4) is 0 Å². The van der Waals surface area contributed by atoms with Crippen molar-refractivity contribution in [3.05, 3.63) is 58.7 Å². The minimum atomic E-state index is -1.19. The fourth-order valence-electron chi connectivity index (χ4n) is 3.86. The largest absolute Gasteiger partial charge is 0.436 e. The zero-order valence-corrected chi connectivity index (χ0v) is 25.3. The molecule has 0 radical (unpaired) electrons. The van der Waals surface area contributed by atoms with E-state index in [1.807, 2.05) is 0 Å². The van der Waals surface area contributed by atoms with Crippen molar-refractivity contribution in [1.82, 2.24) is 34.3 Å². The Hall–Kier alpha value is -4.55. The van der Waals surface area contributed by atoms with E-state index in [2.05, 4.69) is 46.0 Å². The van der Waals surface area contributed by atoms with E-state index in [9.17, 15) is 19.2 Å². The van der Waals surface area contributed by atoms with Gasteiger partial charge in [0.05, 0.1) is 12.2 Å². The molecule has 3 amide bonds. The number of nitrogens with zero attached hydrogens (tertiary/aromatic N) is 6. The number of aromatic amines is 1. The topological polar surface area (TPSA) is 155 Å². The van der Waals surface area contributed by atoms with Gasteiger partial charge in [0.25, 0.3) is 11.5 Å². The average molecular weight is 581 g/mol. The minimum Gasteiger partial charge on any atom is -0.436 e. The quantitative estimate of drug-likeness (QED) is 0.328. The van der Waals surface area contributed by atoms with Crippen LogP contribution in [-0.2, 0) is 27.3 Å². The van der Waals surface area contributed by atoms with Crippen molar-refractivity contribution in [2.24, 2.45) is 5.41 Å². The number of imidazole rings is 1. The molecule has 3 aromatic heterocycles. The summed E-state index contributed by atoms with van der Waals surface area (Å²) < 4.78 is 6.77. The number of anilines is 1. The number of allylic oxidation sites excluding steroid dienone is 1. The van der Waals surface area contributed by atoms with Crippen molar-refractivity contribution < 1.29 is 19.1 Å². The third-order valence-electron chi connectivity index (χ3n) is 6.31. The number of ether oxygens (including phenoxy) is 1. The molecule has 42 heavy (non-hydrogen) atoms. The number of aromatic nitrogens is 5. The summed E-state index contributed by atoms with van der Waals surface area (Å²) in [5.41, 5.74) is 1.80. The molecule has 0 saturated heterocycles. The van der Waals surface area contributed by atoms with Crippen molar-refractivity contribution in [2.75, 3.05) is 33.5 Å². The summed E-state index contributed by atoms with van der Waals surface area (Å²) in [5.74, 6) is -0.344. The Kier molecular flexibility index (Phi) is 10.6. The Balaban J connectivity index is 1.76. The Labute approximate surface area is 245 Å². The lowest BCUT2D eigenvalue weighted by atomic mass is 9.90. The Morgan fingerprint density at radius 3 is 2.55 bits per heavy atom. The number of aryl methyl sites for hydroxylation is 1.